The minimum absolute atomic E-state index is 0.0363. The third kappa shape index (κ3) is 7.00. The van der Waals surface area contributed by atoms with Crippen molar-refractivity contribution in [3.8, 4) is 5.75 Å². The number of sulfonamides is 1. The van der Waals surface area contributed by atoms with Crippen molar-refractivity contribution < 1.29 is 32.6 Å². The summed E-state index contributed by atoms with van der Waals surface area (Å²) in [5.41, 5.74) is 1.70. The summed E-state index contributed by atoms with van der Waals surface area (Å²) in [6.07, 6.45) is 3.79. The Kier molecular flexibility index (Phi) is 9.76. The van der Waals surface area contributed by atoms with Crippen LogP contribution in [0.3, 0.4) is 0 Å². The molecule has 0 saturated carbocycles. The molecule has 1 aromatic heterocycles. The third-order valence-corrected chi connectivity index (χ3v) is 9.88. The van der Waals surface area contributed by atoms with Crippen LogP contribution in [0.2, 0.25) is 0 Å². The number of hydrogen-bond acceptors (Lipinski definition) is 7. The number of carbonyl (C=O) groups is 2. The first-order valence-electron chi connectivity index (χ1n) is 14.4. The number of methoxy groups -OCH3 is 1. The van der Waals surface area contributed by atoms with E-state index in [0.717, 1.165) is 20.6 Å². The molecular formula is C33H35N3O7S. The molecule has 0 bridgehead atoms. The van der Waals surface area contributed by atoms with Gasteiger partial charge >= 0.3 is 12.1 Å². The number of pyridine rings is 1. The number of likely N-dealkylation sites (tertiary alicyclic amines) is 1. The van der Waals surface area contributed by atoms with Gasteiger partial charge in [-0.1, -0.05) is 42.5 Å². The van der Waals surface area contributed by atoms with E-state index in [0.29, 0.717) is 30.6 Å². The van der Waals surface area contributed by atoms with Crippen LogP contribution in [0.5, 0.6) is 5.75 Å². The summed E-state index contributed by atoms with van der Waals surface area (Å²) in [7, 11) is -2.75. The van der Waals surface area contributed by atoms with Crippen molar-refractivity contribution in [1.82, 2.24) is 14.2 Å². The molecule has 1 N–H and O–H groups in total. The maximum atomic E-state index is 13.9. The first-order chi connectivity index (χ1) is 21.3. The Morgan fingerprint density at radius 3 is 2.34 bits per heavy atom. The summed E-state index contributed by atoms with van der Waals surface area (Å²) in [5, 5.41) is 12.6. The van der Waals surface area contributed by atoms with E-state index in [2.05, 4.69) is 4.98 Å². The molecule has 230 valence electrons. The van der Waals surface area contributed by atoms with Crippen LogP contribution in [0.15, 0.2) is 96.2 Å². The van der Waals surface area contributed by atoms with Crippen LogP contribution in [-0.2, 0) is 32.5 Å². The Hall–Kier alpha value is -4.48. The van der Waals surface area contributed by atoms with E-state index >= 15 is 0 Å². The number of rotatable bonds is 11. The number of piperidine rings is 1. The molecule has 5 rings (SSSR count). The molecule has 1 saturated heterocycles. The zero-order valence-electron chi connectivity index (χ0n) is 24.4. The average Bonchev–Trinajstić information content (AvgIpc) is 3.05. The number of benzene rings is 3. The van der Waals surface area contributed by atoms with Gasteiger partial charge in [-0.05, 0) is 77.1 Å². The van der Waals surface area contributed by atoms with Crippen molar-refractivity contribution in [2.24, 2.45) is 5.92 Å². The van der Waals surface area contributed by atoms with Gasteiger partial charge in [0.25, 0.3) is 0 Å². The van der Waals surface area contributed by atoms with Crippen molar-refractivity contribution in [3.05, 3.63) is 102 Å². The summed E-state index contributed by atoms with van der Waals surface area (Å²) < 4.78 is 39.7. The SMILES string of the molecule is COc1ccc(S(=O)(=O)N(Cc2ccncc2)[C@@H](C(=O)O)C2CCN(C(=O)OCCc3cccc4ccccc34)CC2)cc1. The van der Waals surface area contributed by atoms with Crippen molar-refractivity contribution in [3.63, 3.8) is 0 Å². The van der Waals surface area contributed by atoms with E-state index in [1.807, 2.05) is 42.5 Å². The van der Waals surface area contributed by atoms with E-state index in [1.165, 1.54) is 43.8 Å². The van der Waals surface area contributed by atoms with E-state index in [4.69, 9.17) is 9.47 Å². The molecular weight excluding hydrogens is 582 g/mol. The Morgan fingerprint density at radius 1 is 0.977 bits per heavy atom. The Labute approximate surface area is 256 Å². The van der Waals surface area contributed by atoms with Gasteiger partial charge in [-0.3, -0.25) is 9.78 Å². The zero-order valence-corrected chi connectivity index (χ0v) is 25.2. The lowest BCUT2D eigenvalue weighted by Crippen LogP contribution is -2.52. The lowest BCUT2D eigenvalue weighted by atomic mass is 9.89. The van der Waals surface area contributed by atoms with Crippen LogP contribution >= 0.6 is 0 Å². The molecule has 0 aliphatic carbocycles. The first-order valence-corrected chi connectivity index (χ1v) is 15.9. The molecule has 3 aromatic carbocycles. The number of hydrogen-bond donors (Lipinski definition) is 1. The second kappa shape index (κ2) is 13.9. The van der Waals surface area contributed by atoms with Crippen LogP contribution in [0.4, 0.5) is 4.79 Å². The highest BCUT2D eigenvalue weighted by molar-refractivity contribution is 7.89. The van der Waals surface area contributed by atoms with Crippen molar-refractivity contribution in [2.45, 2.75) is 36.7 Å². The van der Waals surface area contributed by atoms with Gasteiger partial charge in [0.05, 0.1) is 18.6 Å². The van der Waals surface area contributed by atoms with Gasteiger partial charge in [0.2, 0.25) is 10.0 Å². The summed E-state index contributed by atoms with van der Waals surface area (Å²) >= 11 is 0. The normalized spacial score (nSPS) is 14.8. The molecule has 2 heterocycles. The maximum absolute atomic E-state index is 13.9. The minimum Gasteiger partial charge on any atom is -0.497 e. The van der Waals surface area contributed by atoms with Crippen LogP contribution < -0.4 is 4.74 Å². The molecule has 1 aliphatic rings. The molecule has 0 spiro atoms. The number of ether oxygens (including phenoxy) is 2. The Balaban J connectivity index is 1.27. The molecule has 10 nitrogen and oxygen atoms in total. The van der Waals surface area contributed by atoms with Gasteiger partial charge in [-0.15, -0.1) is 0 Å². The van der Waals surface area contributed by atoms with Gasteiger partial charge in [-0.2, -0.15) is 4.31 Å². The van der Waals surface area contributed by atoms with Crippen LogP contribution in [0, 0.1) is 5.92 Å². The number of carboxylic acid groups (broad SMARTS) is 1. The summed E-state index contributed by atoms with van der Waals surface area (Å²) in [6, 6.07) is 21.9. The first kappa shape index (κ1) is 31.0. The summed E-state index contributed by atoms with van der Waals surface area (Å²) in [5.74, 6) is -1.29. The van der Waals surface area contributed by atoms with Crippen LogP contribution in [-0.4, -0.2) is 72.6 Å². The van der Waals surface area contributed by atoms with E-state index in [9.17, 15) is 23.1 Å². The standard InChI is InChI=1S/C33H35N3O7S/c1-42-28-9-11-29(12-10-28)44(40,41)36(23-24-13-18-34-19-14-24)31(32(37)38)27-15-20-35(21-16-27)33(39)43-22-17-26-7-4-6-25-5-2-3-8-30(25)26/h2-14,18-19,27,31H,15-17,20-23H2,1H3,(H,37,38)/t31-/m1/s1. The molecule has 0 unspecified atom stereocenters. The number of aromatic nitrogens is 1. The monoisotopic (exact) mass is 617 g/mol. The maximum Gasteiger partial charge on any atom is 0.409 e. The molecule has 0 radical (unpaired) electrons. The molecule has 1 aliphatic heterocycles. The molecule has 44 heavy (non-hydrogen) atoms. The zero-order chi connectivity index (χ0) is 31.1. The third-order valence-electron chi connectivity index (χ3n) is 8.04. The quantitative estimate of drug-likeness (QED) is 0.250. The molecule has 1 fully saturated rings. The Bertz CT molecular complexity index is 1680. The Morgan fingerprint density at radius 2 is 1.66 bits per heavy atom. The molecule has 1 amide bonds. The van der Waals surface area contributed by atoms with Gasteiger partial charge in [0, 0.05) is 38.4 Å². The number of amides is 1. The predicted molar refractivity (Wildman–Crippen MR) is 165 cm³/mol. The number of aliphatic carboxylic acids is 1. The fraction of sp³-hybridized carbons (Fsp3) is 0.303. The fourth-order valence-electron chi connectivity index (χ4n) is 5.69. The molecule has 1 atom stereocenters. The van der Waals surface area contributed by atoms with E-state index < -0.39 is 34.0 Å². The second-order valence-electron chi connectivity index (χ2n) is 10.7. The topological polar surface area (TPSA) is 126 Å². The number of nitrogens with zero attached hydrogens (tertiary/aromatic N) is 3. The van der Waals surface area contributed by atoms with Gasteiger partial charge in [-0.25, -0.2) is 13.2 Å². The fourth-order valence-corrected chi connectivity index (χ4v) is 7.32. The number of carboxylic acids is 1. The van der Waals surface area contributed by atoms with E-state index in [-0.39, 0.29) is 31.1 Å². The highest BCUT2D eigenvalue weighted by atomic mass is 32.2. The van der Waals surface area contributed by atoms with Crippen LogP contribution in [0.1, 0.15) is 24.0 Å². The highest BCUT2D eigenvalue weighted by Crippen LogP contribution is 2.31. The average molecular weight is 618 g/mol. The van der Waals surface area contributed by atoms with Gasteiger partial charge in [0.1, 0.15) is 11.8 Å². The van der Waals surface area contributed by atoms with Crippen LogP contribution in [0.25, 0.3) is 10.8 Å². The lowest BCUT2D eigenvalue weighted by Gasteiger charge is -2.38. The second-order valence-corrected chi connectivity index (χ2v) is 12.6. The minimum atomic E-state index is -4.23. The lowest BCUT2D eigenvalue weighted by molar-refractivity contribution is -0.144. The number of fused-ring (bicyclic) bond motifs is 1. The van der Waals surface area contributed by atoms with Crippen molar-refractivity contribution in [1.29, 1.82) is 0 Å². The largest absolute Gasteiger partial charge is 0.497 e. The van der Waals surface area contributed by atoms with Gasteiger partial charge < -0.3 is 19.5 Å². The van der Waals surface area contributed by atoms with Gasteiger partial charge in [0.15, 0.2) is 0 Å². The van der Waals surface area contributed by atoms with Crippen molar-refractivity contribution >= 4 is 32.9 Å². The molecule has 4 aromatic rings. The highest BCUT2D eigenvalue weighted by Gasteiger charge is 2.42. The van der Waals surface area contributed by atoms with Crippen molar-refractivity contribution in [2.75, 3.05) is 26.8 Å². The summed E-state index contributed by atoms with van der Waals surface area (Å²) in [4.78, 5) is 31.2. The summed E-state index contributed by atoms with van der Waals surface area (Å²) in [6.45, 7) is 0.578. The number of carbonyl (C=O) groups excluding carboxylic acids is 1. The smallest absolute Gasteiger partial charge is 0.409 e. The molecule has 11 heteroatoms. The predicted octanol–water partition coefficient (Wildman–Crippen LogP) is 4.98. The van der Waals surface area contributed by atoms with E-state index in [1.54, 1.807) is 17.0 Å².